The number of thioether (sulfide) groups is 1. The molecule has 138 valence electrons. The lowest BCUT2D eigenvalue weighted by Crippen LogP contribution is -3.00. The van der Waals surface area contributed by atoms with Crippen molar-refractivity contribution in [1.29, 1.82) is 0 Å². The molecule has 1 aliphatic heterocycles. The monoisotopic (exact) mass is 486 g/mol. The highest BCUT2D eigenvalue weighted by molar-refractivity contribution is 8.03. The number of hydrogen-bond acceptors (Lipinski definition) is 2. The van der Waals surface area contributed by atoms with Crippen molar-refractivity contribution in [2.45, 2.75) is 25.3 Å². The summed E-state index contributed by atoms with van der Waals surface area (Å²) in [6.45, 7) is 10.1. The first-order valence-electron chi connectivity index (χ1n) is 9.01. The van der Waals surface area contributed by atoms with Gasteiger partial charge in [-0.3, -0.25) is 0 Å². The molecule has 0 N–H and O–H groups in total. The van der Waals surface area contributed by atoms with E-state index in [-0.39, 0.29) is 24.0 Å². The highest BCUT2D eigenvalue weighted by Gasteiger charge is 2.25. The van der Waals surface area contributed by atoms with E-state index in [1.54, 1.807) is 0 Å². The van der Waals surface area contributed by atoms with Gasteiger partial charge in [0.05, 0.1) is 10.7 Å². The Labute approximate surface area is 182 Å². The number of fused-ring (bicyclic) bond motifs is 2. The highest BCUT2D eigenvalue weighted by Crippen LogP contribution is 2.46. The second kappa shape index (κ2) is 8.48. The summed E-state index contributed by atoms with van der Waals surface area (Å²) in [6, 6.07) is 19.7. The number of nitrogens with zero attached hydrogens (tertiary/aromatic N) is 2. The molecule has 1 aliphatic rings. The quantitative estimate of drug-likeness (QED) is 0.318. The number of rotatable bonds is 4. The molecule has 2 nitrogen and oxygen atoms in total. The van der Waals surface area contributed by atoms with E-state index in [4.69, 9.17) is 0 Å². The number of anilines is 1. The van der Waals surface area contributed by atoms with Gasteiger partial charge in [0.15, 0.2) is 6.54 Å². The number of pyridine rings is 1. The second-order valence-corrected chi connectivity index (χ2v) is 7.58. The Morgan fingerprint density at radius 3 is 2.67 bits per heavy atom. The van der Waals surface area contributed by atoms with Crippen LogP contribution in [0.4, 0.5) is 5.69 Å². The summed E-state index contributed by atoms with van der Waals surface area (Å²) in [5, 5.41) is 2.54. The maximum absolute atomic E-state index is 3.96. The van der Waals surface area contributed by atoms with E-state index in [1.165, 1.54) is 37.8 Å². The first-order chi connectivity index (χ1) is 12.7. The van der Waals surface area contributed by atoms with E-state index in [9.17, 15) is 0 Å². The minimum Gasteiger partial charge on any atom is -1.00 e. The summed E-state index contributed by atoms with van der Waals surface area (Å²) in [5.41, 5.74) is 5.04. The fourth-order valence-corrected chi connectivity index (χ4v) is 4.68. The van der Waals surface area contributed by atoms with E-state index < -0.39 is 0 Å². The van der Waals surface area contributed by atoms with Crippen LogP contribution >= 0.6 is 11.8 Å². The molecule has 1 aromatic heterocycles. The third kappa shape index (κ3) is 3.78. The fraction of sp³-hybridized carbons (Fsp3) is 0.174. The van der Waals surface area contributed by atoms with Gasteiger partial charge in [0.25, 0.3) is 0 Å². The van der Waals surface area contributed by atoms with Crippen LogP contribution in [0, 0.1) is 6.92 Å². The molecule has 3 aromatic rings. The average molecular weight is 486 g/mol. The molecule has 2 heterocycles. The minimum absolute atomic E-state index is 0. The summed E-state index contributed by atoms with van der Waals surface area (Å²) in [6.07, 6.45) is 4.28. The molecule has 0 spiro atoms. The predicted molar refractivity (Wildman–Crippen MR) is 112 cm³/mol. The van der Waals surface area contributed by atoms with E-state index in [0.29, 0.717) is 0 Å². The lowest BCUT2D eigenvalue weighted by molar-refractivity contribution is -0.662. The number of para-hydroxylation sites is 1. The summed E-state index contributed by atoms with van der Waals surface area (Å²) in [4.78, 5) is 3.71. The van der Waals surface area contributed by atoms with Gasteiger partial charge in [-0.25, -0.2) is 0 Å². The van der Waals surface area contributed by atoms with Crippen molar-refractivity contribution in [2.24, 2.45) is 0 Å². The summed E-state index contributed by atoms with van der Waals surface area (Å²) < 4.78 is 2.35. The van der Waals surface area contributed by atoms with Crippen molar-refractivity contribution < 1.29 is 28.5 Å². The average Bonchev–Trinajstić information content (AvgIpc) is 3.00. The maximum atomic E-state index is 3.96. The minimum atomic E-state index is 0. The van der Waals surface area contributed by atoms with Crippen molar-refractivity contribution in [2.75, 3.05) is 11.4 Å². The van der Waals surface area contributed by atoms with Crippen LogP contribution in [0.1, 0.15) is 18.2 Å². The van der Waals surface area contributed by atoms with Crippen molar-refractivity contribution in [1.82, 2.24) is 0 Å². The lowest BCUT2D eigenvalue weighted by Gasteiger charge is -2.17. The van der Waals surface area contributed by atoms with E-state index in [0.717, 1.165) is 13.1 Å². The van der Waals surface area contributed by atoms with Crippen LogP contribution in [0.15, 0.2) is 77.2 Å². The molecule has 4 rings (SSSR count). The van der Waals surface area contributed by atoms with Crippen molar-refractivity contribution in [3.8, 4) is 0 Å². The third-order valence-corrected chi connectivity index (χ3v) is 5.87. The number of hydrogen-bond donors (Lipinski definition) is 0. The molecule has 0 radical (unpaired) electrons. The number of halogens is 1. The molecular formula is C23H23IN2S. The van der Waals surface area contributed by atoms with Gasteiger partial charge >= 0.3 is 0 Å². The lowest BCUT2D eigenvalue weighted by atomic mass is 10.1. The van der Waals surface area contributed by atoms with Crippen LogP contribution in [0.5, 0.6) is 0 Å². The first-order valence-corrected chi connectivity index (χ1v) is 9.83. The Morgan fingerprint density at radius 2 is 1.89 bits per heavy atom. The van der Waals surface area contributed by atoms with Crippen molar-refractivity contribution >= 4 is 34.4 Å². The number of benzene rings is 2. The zero-order valence-corrected chi connectivity index (χ0v) is 18.6. The second-order valence-electron chi connectivity index (χ2n) is 6.52. The van der Waals surface area contributed by atoms with Crippen molar-refractivity contribution in [3.63, 3.8) is 0 Å². The highest BCUT2D eigenvalue weighted by atomic mass is 127. The molecule has 0 saturated carbocycles. The largest absolute Gasteiger partial charge is 1.00 e. The molecule has 0 saturated heterocycles. The zero-order valence-electron chi connectivity index (χ0n) is 15.7. The van der Waals surface area contributed by atoms with Crippen LogP contribution in [0.3, 0.4) is 0 Å². The predicted octanol–water partition coefficient (Wildman–Crippen LogP) is 2.56. The number of aromatic nitrogens is 1. The third-order valence-electron chi connectivity index (χ3n) is 4.76. The number of allylic oxidation sites excluding steroid dienone is 1. The van der Waals surface area contributed by atoms with E-state index in [2.05, 4.69) is 90.6 Å². The zero-order chi connectivity index (χ0) is 18.1. The van der Waals surface area contributed by atoms with Crippen LogP contribution in [0.2, 0.25) is 0 Å². The Balaban J connectivity index is 0.00000210. The topological polar surface area (TPSA) is 7.12 Å². The summed E-state index contributed by atoms with van der Waals surface area (Å²) in [5.74, 6) is 0. The van der Waals surface area contributed by atoms with Gasteiger partial charge < -0.3 is 28.9 Å². The van der Waals surface area contributed by atoms with Gasteiger partial charge in [0, 0.05) is 35.0 Å². The molecule has 0 bridgehead atoms. The molecular weight excluding hydrogens is 463 g/mol. The van der Waals surface area contributed by atoms with Crippen LogP contribution in [0.25, 0.3) is 17.0 Å². The molecule has 0 amide bonds. The molecule has 27 heavy (non-hydrogen) atoms. The van der Waals surface area contributed by atoms with E-state index in [1.807, 2.05) is 17.8 Å². The van der Waals surface area contributed by atoms with Gasteiger partial charge in [0.2, 0.25) is 11.2 Å². The van der Waals surface area contributed by atoms with Gasteiger partial charge in [0.1, 0.15) is 0 Å². The standard InChI is InChI=1S/C23H23N2S.HI/c1-4-14-25-19(13-12-18-11-10-17(3)15-21(18)25)16-23-24(5-2)20-8-6-7-9-22(20)26-23;/h4,6-13,15-16H,1,5,14H2,2-3H3;1H/q+1;/p-1. The van der Waals surface area contributed by atoms with Crippen LogP contribution < -0.4 is 33.4 Å². The summed E-state index contributed by atoms with van der Waals surface area (Å²) in [7, 11) is 0. The SMILES string of the molecule is C=CC[n+]1c(/C=C2\Sc3ccccc3N2CC)ccc2ccc(C)cc21.[I-]. The Kier molecular flexibility index (Phi) is 6.27. The van der Waals surface area contributed by atoms with Crippen molar-refractivity contribution in [3.05, 3.63) is 83.5 Å². The smallest absolute Gasteiger partial charge is 0.213 e. The van der Waals surface area contributed by atoms with Crippen LogP contribution in [-0.2, 0) is 6.54 Å². The Morgan fingerprint density at radius 1 is 1.11 bits per heavy atom. The van der Waals surface area contributed by atoms with Gasteiger partial charge in [-0.2, -0.15) is 4.57 Å². The van der Waals surface area contributed by atoms with Gasteiger partial charge in [-0.05, 0) is 49.8 Å². The first kappa shape index (κ1) is 20.0. The van der Waals surface area contributed by atoms with Gasteiger partial charge in [-0.1, -0.05) is 36.5 Å². The summed E-state index contributed by atoms with van der Waals surface area (Å²) >= 11 is 1.85. The maximum Gasteiger partial charge on any atom is 0.213 e. The molecule has 0 atom stereocenters. The molecule has 0 fully saturated rings. The molecule has 0 unspecified atom stereocenters. The molecule has 2 aromatic carbocycles. The Bertz CT molecular complexity index is 1030. The van der Waals surface area contributed by atoms with E-state index >= 15 is 0 Å². The number of aryl methyl sites for hydroxylation is 1. The normalized spacial score (nSPS) is 14.3. The molecule has 0 aliphatic carbocycles. The Hall–Kier alpha value is -1.79. The van der Waals surface area contributed by atoms with Crippen LogP contribution in [-0.4, -0.2) is 6.54 Å². The fourth-order valence-electron chi connectivity index (χ4n) is 3.50. The molecule has 4 heteroatoms. The van der Waals surface area contributed by atoms with Gasteiger partial charge in [-0.15, -0.1) is 0 Å².